The van der Waals surface area contributed by atoms with E-state index in [1.807, 2.05) is 13.8 Å². The van der Waals surface area contributed by atoms with Gasteiger partial charge in [-0.25, -0.2) is 0 Å². The first kappa shape index (κ1) is 12.4. The summed E-state index contributed by atoms with van der Waals surface area (Å²) in [5.41, 5.74) is 0. The number of rotatable bonds is 2. The maximum absolute atomic E-state index is 10.9. The van der Waals surface area contributed by atoms with Crippen LogP contribution in [0.5, 0.6) is 0 Å². The lowest BCUT2D eigenvalue weighted by Crippen LogP contribution is -2.37. The molecule has 1 aliphatic heterocycles. The summed E-state index contributed by atoms with van der Waals surface area (Å²) in [5, 5.41) is 5.96. The molecule has 0 aromatic heterocycles. The van der Waals surface area contributed by atoms with Gasteiger partial charge in [0.25, 0.3) is 0 Å². The van der Waals surface area contributed by atoms with Gasteiger partial charge in [-0.1, -0.05) is 20.3 Å². The van der Waals surface area contributed by atoms with Gasteiger partial charge in [-0.3, -0.25) is 4.79 Å². The minimum Gasteiger partial charge on any atom is -0.359 e. The third kappa shape index (κ3) is 5.64. The van der Waals surface area contributed by atoms with Crippen LogP contribution in [0.2, 0.25) is 0 Å². The smallest absolute Gasteiger partial charge is 0.221 e. The molecule has 0 saturated carbocycles. The van der Waals surface area contributed by atoms with Gasteiger partial charge in [0, 0.05) is 19.5 Å². The van der Waals surface area contributed by atoms with Crippen LogP contribution in [0.25, 0.3) is 0 Å². The summed E-state index contributed by atoms with van der Waals surface area (Å²) >= 11 is 0. The van der Waals surface area contributed by atoms with Gasteiger partial charge in [-0.2, -0.15) is 0 Å². The van der Waals surface area contributed by atoms with Crippen molar-refractivity contribution in [2.24, 2.45) is 0 Å². The molecule has 0 aromatic carbocycles. The molecule has 0 bridgehead atoms. The van der Waals surface area contributed by atoms with Gasteiger partial charge < -0.3 is 10.6 Å². The Labute approximate surface area is 81.3 Å². The number of amides is 1. The van der Waals surface area contributed by atoms with Crippen LogP contribution in [-0.4, -0.2) is 25.5 Å². The molecule has 3 nitrogen and oxygen atoms in total. The second-order valence-electron chi connectivity index (χ2n) is 3.02. The van der Waals surface area contributed by atoms with Crippen molar-refractivity contribution in [2.45, 2.75) is 45.6 Å². The van der Waals surface area contributed by atoms with Crippen LogP contribution in [0.3, 0.4) is 0 Å². The molecule has 0 aromatic rings. The fourth-order valence-corrected chi connectivity index (χ4v) is 1.42. The summed E-state index contributed by atoms with van der Waals surface area (Å²) < 4.78 is 0. The zero-order chi connectivity index (χ0) is 10.1. The van der Waals surface area contributed by atoms with Crippen molar-refractivity contribution < 1.29 is 4.79 Å². The molecule has 78 valence electrons. The standard InChI is InChI=1S/C8H16N2O.C2H6/c1-9-8(11)6-7-4-2-3-5-10-7;1-2/h7,10H,2-6H2,1H3,(H,9,11);1-2H3. The molecule has 0 radical (unpaired) electrons. The number of nitrogens with one attached hydrogen (secondary N) is 2. The first-order valence-corrected chi connectivity index (χ1v) is 5.27. The van der Waals surface area contributed by atoms with Gasteiger partial charge >= 0.3 is 0 Å². The Bertz CT molecular complexity index is 131. The van der Waals surface area contributed by atoms with Gasteiger partial charge in [0.05, 0.1) is 0 Å². The molecule has 1 saturated heterocycles. The minimum atomic E-state index is 0.143. The Balaban J connectivity index is 0.000000671. The highest BCUT2D eigenvalue weighted by Gasteiger charge is 2.14. The average Bonchev–Trinajstić information content (AvgIpc) is 2.22. The molecule has 2 N–H and O–H groups in total. The largest absolute Gasteiger partial charge is 0.359 e. The predicted molar refractivity (Wildman–Crippen MR) is 55.7 cm³/mol. The minimum absolute atomic E-state index is 0.143. The molecule has 1 atom stereocenters. The van der Waals surface area contributed by atoms with Crippen molar-refractivity contribution in [2.75, 3.05) is 13.6 Å². The van der Waals surface area contributed by atoms with Crippen molar-refractivity contribution >= 4 is 5.91 Å². The Morgan fingerprint density at radius 1 is 1.46 bits per heavy atom. The lowest BCUT2D eigenvalue weighted by Gasteiger charge is -2.22. The third-order valence-electron chi connectivity index (χ3n) is 2.12. The average molecular weight is 186 g/mol. The van der Waals surface area contributed by atoms with Gasteiger partial charge in [0.1, 0.15) is 0 Å². The van der Waals surface area contributed by atoms with E-state index in [0.717, 1.165) is 13.0 Å². The van der Waals surface area contributed by atoms with E-state index in [0.29, 0.717) is 12.5 Å². The highest BCUT2D eigenvalue weighted by molar-refractivity contribution is 5.76. The molecule has 1 amide bonds. The summed E-state index contributed by atoms with van der Waals surface area (Å²) in [6.07, 6.45) is 4.29. The Kier molecular flexibility index (Phi) is 7.69. The SMILES string of the molecule is CC.CNC(=O)CC1CCCCN1. The van der Waals surface area contributed by atoms with Gasteiger partial charge in [0.15, 0.2) is 0 Å². The Morgan fingerprint density at radius 2 is 2.15 bits per heavy atom. The second kappa shape index (κ2) is 8.05. The molecule has 1 aliphatic rings. The van der Waals surface area contributed by atoms with Crippen LogP contribution in [0, 0.1) is 0 Å². The van der Waals surface area contributed by atoms with Crippen LogP contribution < -0.4 is 10.6 Å². The lowest BCUT2D eigenvalue weighted by atomic mass is 10.0. The number of hydrogen-bond acceptors (Lipinski definition) is 2. The molecule has 0 aliphatic carbocycles. The van der Waals surface area contributed by atoms with Crippen LogP contribution in [-0.2, 0) is 4.79 Å². The van der Waals surface area contributed by atoms with E-state index >= 15 is 0 Å². The van der Waals surface area contributed by atoms with Crippen LogP contribution >= 0.6 is 0 Å². The molecule has 1 rings (SSSR count). The highest BCUT2D eigenvalue weighted by atomic mass is 16.1. The topological polar surface area (TPSA) is 41.1 Å². The fraction of sp³-hybridized carbons (Fsp3) is 0.900. The second-order valence-corrected chi connectivity index (χ2v) is 3.02. The number of carbonyl (C=O) groups excluding carboxylic acids is 1. The molecule has 3 heteroatoms. The van der Waals surface area contributed by atoms with E-state index in [4.69, 9.17) is 0 Å². The zero-order valence-electron chi connectivity index (χ0n) is 9.02. The van der Waals surface area contributed by atoms with Crippen LogP contribution in [0.15, 0.2) is 0 Å². The number of hydrogen-bond donors (Lipinski definition) is 2. The fourth-order valence-electron chi connectivity index (χ4n) is 1.42. The Hall–Kier alpha value is -0.570. The quantitative estimate of drug-likeness (QED) is 0.682. The van der Waals surface area contributed by atoms with E-state index in [1.54, 1.807) is 7.05 Å². The Morgan fingerprint density at radius 3 is 2.62 bits per heavy atom. The molecule has 0 spiro atoms. The molecule has 1 fully saturated rings. The normalized spacial score (nSPS) is 21.3. The van der Waals surface area contributed by atoms with E-state index in [-0.39, 0.29) is 5.91 Å². The van der Waals surface area contributed by atoms with E-state index < -0.39 is 0 Å². The monoisotopic (exact) mass is 186 g/mol. The van der Waals surface area contributed by atoms with Crippen LogP contribution in [0.1, 0.15) is 39.5 Å². The molecule has 1 unspecified atom stereocenters. The van der Waals surface area contributed by atoms with Crippen molar-refractivity contribution in [3.8, 4) is 0 Å². The lowest BCUT2D eigenvalue weighted by molar-refractivity contribution is -0.121. The van der Waals surface area contributed by atoms with Gasteiger partial charge in [-0.05, 0) is 19.4 Å². The molecule has 13 heavy (non-hydrogen) atoms. The highest BCUT2D eigenvalue weighted by Crippen LogP contribution is 2.09. The number of carbonyl (C=O) groups is 1. The summed E-state index contributed by atoms with van der Waals surface area (Å²) in [4.78, 5) is 10.9. The molecule has 1 heterocycles. The third-order valence-corrected chi connectivity index (χ3v) is 2.12. The molecular formula is C10H22N2O. The zero-order valence-corrected chi connectivity index (χ0v) is 9.02. The van der Waals surface area contributed by atoms with Gasteiger partial charge in [0.2, 0.25) is 5.91 Å². The van der Waals surface area contributed by atoms with Gasteiger partial charge in [-0.15, -0.1) is 0 Å². The van der Waals surface area contributed by atoms with Crippen molar-refractivity contribution in [1.29, 1.82) is 0 Å². The van der Waals surface area contributed by atoms with E-state index in [9.17, 15) is 4.79 Å². The van der Waals surface area contributed by atoms with Crippen molar-refractivity contribution in [3.63, 3.8) is 0 Å². The maximum atomic E-state index is 10.9. The summed E-state index contributed by atoms with van der Waals surface area (Å²) in [6.45, 7) is 5.07. The van der Waals surface area contributed by atoms with E-state index in [1.165, 1.54) is 12.8 Å². The van der Waals surface area contributed by atoms with E-state index in [2.05, 4.69) is 10.6 Å². The van der Waals surface area contributed by atoms with Crippen molar-refractivity contribution in [3.05, 3.63) is 0 Å². The predicted octanol–water partition coefficient (Wildman–Crippen LogP) is 1.29. The first-order valence-electron chi connectivity index (χ1n) is 5.27. The van der Waals surface area contributed by atoms with Crippen molar-refractivity contribution in [1.82, 2.24) is 10.6 Å². The summed E-state index contributed by atoms with van der Waals surface area (Å²) in [6, 6.07) is 0.420. The van der Waals surface area contributed by atoms with Crippen LogP contribution in [0.4, 0.5) is 0 Å². The maximum Gasteiger partial charge on any atom is 0.221 e. The molecular weight excluding hydrogens is 164 g/mol. The first-order chi connectivity index (χ1) is 6.33. The summed E-state index contributed by atoms with van der Waals surface area (Å²) in [5.74, 6) is 0.143. The summed E-state index contributed by atoms with van der Waals surface area (Å²) in [7, 11) is 1.69. The number of piperidine rings is 1.